The van der Waals surface area contributed by atoms with Crippen molar-refractivity contribution in [1.29, 1.82) is 0 Å². The molecule has 1 amide bonds. The fourth-order valence-electron chi connectivity index (χ4n) is 3.08. The number of hydrogen-bond donors (Lipinski definition) is 1. The third-order valence-electron chi connectivity index (χ3n) is 4.62. The van der Waals surface area contributed by atoms with Gasteiger partial charge in [-0.1, -0.05) is 32.0 Å². The second kappa shape index (κ2) is 8.38. The van der Waals surface area contributed by atoms with Gasteiger partial charge < -0.3 is 10.1 Å². The fraction of sp³-hybridized carbons (Fsp3) is 0.350. The summed E-state index contributed by atoms with van der Waals surface area (Å²) in [7, 11) is -3.82. The molecule has 0 unspecified atom stereocenters. The highest BCUT2D eigenvalue weighted by atomic mass is 32.2. The Morgan fingerprint density at radius 1 is 1.14 bits per heavy atom. The minimum absolute atomic E-state index is 0.113. The summed E-state index contributed by atoms with van der Waals surface area (Å²) < 4.78 is 46.4. The molecule has 0 atom stereocenters. The molecule has 1 aliphatic heterocycles. The molecule has 2 aromatic carbocycles. The highest BCUT2D eigenvalue weighted by molar-refractivity contribution is 7.89. The Labute approximate surface area is 164 Å². The molecule has 1 aliphatic rings. The lowest BCUT2D eigenvalue weighted by Crippen LogP contribution is -2.40. The van der Waals surface area contributed by atoms with Crippen molar-refractivity contribution >= 4 is 21.6 Å². The van der Waals surface area contributed by atoms with E-state index in [9.17, 15) is 17.6 Å². The van der Waals surface area contributed by atoms with Crippen LogP contribution in [0.2, 0.25) is 0 Å². The van der Waals surface area contributed by atoms with Crippen LogP contribution in [0.15, 0.2) is 47.4 Å². The normalized spacial score (nSPS) is 15.6. The average Bonchev–Trinajstić information content (AvgIpc) is 2.69. The van der Waals surface area contributed by atoms with Crippen molar-refractivity contribution in [2.75, 3.05) is 31.6 Å². The van der Waals surface area contributed by atoms with Crippen molar-refractivity contribution < 1.29 is 22.3 Å². The van der Waals surface area contributed by atoms with Crippen molar-refractivity contribution in [3.8, 4) is 0 Å². The van der Waals surface area contributed by atoms with Gasteiger partial charge in [-0.25, -0.2) is 12.8 Å². The summed E-state index contributed by atoms with van der Waals surface area (Å²) in [5, 5.41) is 2.70. The highest BCUT2D eigenvalue weighted by Crippen LogP contribution is 2.25. The molecule has 0 radical (unpaired) electrons. The fourth-order valence-corrected chi connectivity index (χ4v) is 4.51. The van der Waals surface area contributed by atoms with E-state index in [0.29, 0.717) is 18.9 Å². The Hall–Kier alpha value is -2.29. The molecule has 2 aromatic rings. The van der Waals surface area contributed by atoms with E-state index < -0.39 is 21.7 Å². The Balaban J connectivity index is 1.90. The standard InChI is InChI=1S/C20H23FN2O4S/c1-14(2)16-5-3-4-6-19(16)22-20(24)17-13-15(7-8-18(17)21)28(25,26)23-9-11-27-12-10-23/h3-8,13-14H,9-12H2,1-2H3,(H,22,24). The molecule has 28 heavy (non-hydrogen) atoms. The number of amides is 1. The van der Waals surface area contributed by atoms with Gasteiger partial charge in [0.2, 0.25) is 10.0 Å². The summed E-state index contributed by atoms with van der Waals surface area (Å²) in [6.07, 6.45) is 0. The lowest BCUT2D eigenvalue weighted by atomic mass is 10.0. The number of ether oxygens (including phenoxy) is 1. The quantitative estimate of drug-likeness (QED) is 0.827. The third-order valence-corrected chi connectivity index (χ3v) is 6.52. The minimum atomic E-state index is -3.82. The number of sulfonamides is 1. The van der Waals surface area contributed by atoms with Crippen LogP contribution in [0.25, 0.3) is 0 Å². The number of anilines is 1. The molecular formula is C20H23FN2O4S. The lowest BCUT2D eigenvalue weighted by molar-refractivity contribution is 0.0730. The van der Waals surface area contributed by atoms with E-state index in [1.54, 1.807) is 12.1 Å². The van der Waals surface area contributed by atoms with Crippen LogP contribution in [0.3, 0.4) is 0 Å². The average molecular weight is 406 g/mol. The van der Waals surface area contributed by atoms with Gasteiger partial charge in [0, 0.05) is 18.8 Å². The molecule has 6 nitrogen and oxygen atoms in total. The van der Waals surface area contributed by atoms with E-state index in [-0.39, 0.29) is 29.5 Å². The van der Waals surface area contributed by atoms with Crippen LogP contribution in [0, 0.1) is 5.82 Å². The molecule has 1 N–H and O–H groups in total. The third kappa shape index (κ3) is 4.24. The van der Waals surface area contributed by atoms with E-state index in [0.717, 1.165) is 17.7 Å². The van der Waals surface area contributed by atoms with Gasteiger partial charge in [0.15, 0.2) is 0 Å². The van der Waals surface area contributed by atoms with Crippen LogP contribution in [0.4, 0.5) is 10.1 Å². The van der Waals surface area contributed by atoms with E-state index in [2.05, 4.69) is 5.32 Å². The summed E-state index contributed by atoms with van der Waals surface area (Å²) in [4.78, 5) is 12.6. The van der Waals surface area contributed by atoms with Gasteiger partial charge in [-0.15, -0.1) is 0 Å². The van der Waals surface area contributed by atoms with Crippen molar-refractivity contribution in [1.82, 2.24) is 4.31 Å². The zero-order valence-corrected chi connectivity index (χ0v) is 16.6. The topological polar surface area (TPSA) is 75.7 Å². The van der Waals surface area contributed by atoms with Crippen LogP contribution < -0.4 is 5.32 Å². The van der Waals surface area contributed by atoms with Gasteiger partial charge in [0.05, 0.1) is 23.7 Å². The number of hydrogen-bond acceptors (Lipinski definition) is 4. The van der Waals surface area contributed by atoms with Crippen molar-refractivity contribution in [2.45, 2.75) is 24.7 Å². The van der Waals surface area contributed by atoms with Crippen molar-refractivity contribution in [3.05, 3.63) is 59.4 Å². The first kappa shape index (κ1) is 20.4. The Bertz CT molecular complexity index is 970. The smallest absolute Gasteiger partial charge is 0.258 e. The van der Waals surface area contributed by atoms with Gasteiger partial charge in [-0.05, 0) is 35.7 Å². The van der Waals surface area contributed by atoms with Crippen LogP contribution in [0.1, 0.15) is 35.7 Å². The second-order valence-corrected chi connectivity index (χ2v) is 8.79. The van der Waals surface area contributed by atoms with Gasteiger partial charge in [-0.3, -0.25) is 4.79 Å². The maximum absolute atomic E-state index is 14.3. The molecule has 1 saturated heterocycles. The molecular weight excluding hydrogens is 383 g/mol. The molecule has 0 saturated carbocycles. The maximum Gasteiger partial charge on any atom is 0.258 e. The lowest BCUT2D eigenvalue weighted by Gasteiger charge is -2.26. The molecule has 0 spiro atoms. The Morgan fingerprint density at radius 2 is 1.82 bits per heavy atom. The van der Waals surface area contributed by atoms with E-state index in [1.165, 1.54) is 10.4 Å². The van der Waals surface area contributed by atoms with E-state index >= 15 is 0 Å². The molecule has 8 heteroatoms. The first-order chi connectivity index (χ1) is 13.3. The van der Waals surface area contributed by atoms with Crippen LogP contribution in [-0.4, -0.2) is 44.9 Å². The molecule has 150 valence electrons. The van der Waals surface area contributed by atoms with Gasteiger partial charge >= 0.3 is 0 Å². The highest BCUT2D eigenvalue weighted by Gasteiger charge is 2.28. The zero-order valence-electron chi connectivity index (χ0n) is 15.8. The van der Waals surface area contributed by atoms with Crippen LogP contribution in [-0.2, 0) is 14.8 Å². The summed E-state index contributed by atoms with van der Waals surface area (Å²) in [6, 6.07) is 10.5. The van der Waals surface area contributed by atoms with Crippen molar-refractivity contribution in [3.63, 3.8) is 0 Å². The predicted molar refractivity (Wildman–Crippen MR) is 104 cm³/mol. The van der Waals surface area contributed by atoms with E-state index in [1.807, 2.05) is 26.0 Å². The molecule has 1 heterocycles. The summed E-state index contributed by atoms with van der Waals surface area (Å²) >= 11 is 0. The number of nitrogens with one attached hydrogen (secondary N) is 1. The minimum Gasteiger partial charge on any atom is -0.379 e. The number of carbonyl (C=O) groups excluding carboxylic acids is 1. The zero-order chi connectivity index (χ0) is 20.3. The number of para-hydroxylation sites is 1. The number of halogens is 1. The summed E-state index contributed by atoms with van der Waals surface area (Å²) in [5.41, 5.74) is 1.17. The molecule has 0 bridgehead atoms. The molecule has 0 aliphatic carbocycles. The van der Waals surface area contributed by atoms with Crippen LogP contribution >= 0.6 is 0 Å². The van der Waals surface area contributed by atoms with Crippen LogP contribution in [0.5, 0.6) is 0 Å². The number of rotatable bonds is 5. The second-order valence-electron chi connectivity index (χ2n) is 6.85. The first-order valence-corrected chi connectivity index (χ1v) is 10.5. The number of benzene rings is 2. The summed E-state index contributed by atoms with van der Waals surface area (Å²) in [5.74, 6) is -1.31. The molecule has 0 aromatic heterocycles. The van der Waals surface area contributed by atoms with Gasteiger partial charge in [-0.2, -0.15) is 4.31 Å². The monoisotopic (exact) mass is 406 g/mol. The van der Waals surface area contributed by atoms with Crippen molar-refractivity contribution in [2.24, 2.45) is 0 Å². The van der Waals surface area contributed by atoms with Gasteiger partial charge in [0.25, 0.3) is 5.91 Å². The Kier molecular flexibility index (Phi) is 6.12. The first-order valence-electron chi connectivity index (χ1n) is 9.08. The SMILES string of the molecule is CC(C)c1ccccc1NC(=O)c1cc(S(=O)(=O)N2CCOCC2)ccc1F. The molecule has 3 rings (SSSR count). The molecule has 1 fully saturated rings. The predicted octanol–water partition coefficient (Wildman–Crippen LogP) is 3.22. The number of carbonyl (C=O) groups is 1. The summed E-state index contributed by atoms with van der Waals surface area (Å²) in [6.45, 7) is 5.04. The van der Waals surface area contributed by atoms with Gasteiger partial charge in [0.1, 0.15) is 5.82 Å². The number of nitrogens with zero attached hydrogens (tertiary/aromatic N) is 1. The Morgan fingerprint density at radius 3 is 2.50 bits per heavy atom. The van der Waals surface area contributed by atoms with E-state index in [4.69, 9.17) is 4.74 Å². The maximum atomic E-state index is 14.3. The largest absolute Gasteiger partial charge is 0.379 e. The number of morpholine rings is 1.